The predicted molar refractivity (Wildman–Crippen MR) is 143 cm³/mol. The van der Waals surface area contributed by atoms with Gasteiger partial charge in [-0.3, -0.25) is 14.6 Å². The summed E-state index contributed by atoms with van der Waals surface area (Å²) >= 11 is 0. The first kappa shape index (κ1) is 24.6. The van der Waals surface area contributed by atoms with Gasteiger partial charge in [0.05, 0.1) is 32.4 Å². The molecule has 2 aromatic carbocycles. The van der Waals surface area contributed by atoms with Gasteiger partial charge in [-0.05, 0) is 60.4 Å². The molecule has 0 radical (unpaired) electrons. The van der Waals surface area contributed by atoms with E-state index in [0.717, 1.165) is 35.8 Å². The van der Waals surface area contributed by atoms with E-state index in [9.17, 15) is 9.59 Å². The van der Waals surface area contributed by atoms with Crippen molar-refractivity contribution in [3.8, 4) is 5.75 Å². The van der Waals surface area contributed by atoms with E-state index in [-0.39, 0.29) is 24.9 Å². The third-order valence-electron chi connectivity index (χ3n) is 6.93. The van der Waals surface area contributed by atoms with Crippen LogP contribution in [-0.4, -0.2) is 55.0 Å². The van der Waals surface area contributed by atoms with Gasteiger partial charge in [-0.2, -0.15) is 0 Å². The van der Waals surface area contributed by atoms with E-state index < -0.39 is 0 Å². The van der Waals surface area contributed by atoms with Crippen LogP contribution in [0.2, 0.25) is 0 Å². The molecule has 2 aliphatic heterocycles. The molecule has 0 aliphatic carbocycles. The standard InChI is InChI=1S/C29H33N5O3/c1-37-27-6-4-5-23(15-27)19-33(18-22-7-9-25(10-8-22)32-13-2-3-14-32)26-11-12-30-24(16-26)20-34-21-28(35)31-17-29(34)36/h4-12,15-16H,2-3,13-14,17-21H2,1H3,(H,31,35). The molecule has 1 N–H and O–H groups in total. The molecule has 8 heteroatoms. The Morgan fingerprint density at radius 2 is 1.76 bits per heavy atom. The number of nitrogens with one attached hydrogen (secondary N) is 1. The summed E-state index contributed by atoms with van der Waals surface area (Å²) in [7, 11) is 1.68. The number of ether oxygens (including phenoxy) is 1. The Morgan fingerprint density at radius 3 is 2.54 bits per heavy atom. The number of nitrogens with zero attached hydrogens (tertiary/aromatic N) is 4. The Hall–Kier alpha value is -4.07. The molecular weight excluding hydrogens is 466 g/mol. The van der Waals surface area contributed by atoms with E-state index >= 15 is 0 Å². The predicted octanol–water partition coefficient (Wildman–Crippen LogP) is 3.36. The van der Waals surface area contributed by atoms with Crippen molar-refractivity contribution in [1.82, 2.24) is 15.2 Å². The van der Waals surface area contributed by atoms with Gasteiger partial charge in [-0.25, -0.2) is 0 Å². The van der Waals surface area contributed by atoms with Crippen molar-refractivity contribution in [3.05, 3.63) is 83.7 Å². The number of benzene rings is 2. The SMILES string of the molecule is COc1cccc(CN(Cc2ccc(N3CCCC3)cc2)c2ccnc(CN3CC(=O)NCC3=O)c2)c1. The molecule has 2 amide bonds. The number of amides is 2. The fourth-order valence-corrected chi connectivity index (χ4v) is 4.93. The smallest absolute Gasteiger partial charge is 0.242 e. The van der Waals surface area contributed by atoms with Crippen LogP contribution in [0, 0.1) is 0 Å². The quantitative estimate of drug-likeness (QED) is 0.487. The second-order valence-electron chi connectivity index (χ2n) is 9.60. The highest BCUT2D eigenvalue weighted by Gasteiger charge is 2.23. The van der Waals surface area contributed by atoms with Crippen LogP contribution < -0.4 is 19.9 Å². The number of hydrogen-bond donors (Lipinski definition) is 1. The zero-order valence-electron chi connectivity index (χ0n) is 21.2. The Bertz CT molecular complexity index is 1240. The molecule has 2 aliphatic rings. The Labute approximate surface area is 217 Å². The van der Waals surface area contributed by atoms with Crippen LogP contribution in [0.15, 0.2) is 66.9 Å². The molecule has 2 fully saturated rings. The first-order valence-electron chi connectivity index (χ1n) is 12.8. The van der Waals surface area contributed by atoms with E-state index in [1.165, 1.54) is 24.1 Å². The van der Waals surface area contributed by atoms with Gasteiger partial charge < -0.3 is 24.8 Å². The first-order valence-corrected chi connectivity index (χ1v) is 12.8. The molecule has 0 bridgehead atoms. The molecule has 192 valence electrons. The second kappa shape index (κ2) is 11.3. The number of rotatable bonds is 9. The maximum Gasteiger partial charge on any atom is 0.242 e. The van der Waals surface area contributed by atoms with Gasteiger partial charge in [0.2, 0.25) is 11.8 Å². The minimum Gasteiger partial charge on any atom is -0.497 e. The molecule has 5 rings (SSSR count). The van der Waals surface area contributed by atoms with E-state index in [0.29, 0.717) is 19.6 Å². The van der Waals surface area contributed by atoms with E-state index in [2.05, 4.69) is 56.5 Å². The van der Waals surface area contributed by atoms with Crippen LogP contribution in [-0.2, 0) is 29.2 Å². The molecule has 3 heterocycles. The lowest BCUT2D eigenvalue weighted by Crippen LogP contribution is -2.51. The number of anilines is 2. The molecule has 8 nitrogen and oxygen atoms in total. The molecule has 37 heavy (non-hydrogen) atoms. The number of aromatic nitrogens is 1. The van der Waals surface area contributed by atoms with Crippen molar-refractivity contribution in [2.45, 2.75) is 32.5 Å². The van der Waals surface area contributed by atoms with Crippen LogP contribution in [0.3, 0.4) is 0 Å². The summed E-state index contributed by atoms with van der Waals surface area (Å²) in [5, 5.41) is 2.59. The third kappa shape index (κ3) is 6.20. The van der Waals surface area contributed by atoms with Crippen molar-refractivity contribution < 1.29 is 14.3 Å². The molecule has 0 atom stereocenters. The largest absolute Gasteiger partial charge is 0.497 e. The van der Waals surface area contributed by atoms with Crippen molar-refractivity contribution in [3.63, 3.8) is 0 Å². The summed E-state index contributed by atoms with van der Waals surface area (Å²) < 4.78 is 5.44. The van der Waals surface area contributed by atoms with Crippen molar-refractivity contribution in [2.24, 2.45) is 0 Å². The number of pyridine rings is 1. The van der Waals surface area contributed by atoms with Crippen LogP contribution in [0.5, 0.6) is 5.75 Å². The topological polar surface area (TPSA) is 78.0 Å². The summed E-state index contributed by atoms with van der Waals surface area (Å²) in [5.41, 5.74) is 5.38. The van der Waals surface area contributed by atoms with E-state index in [4.69, 9.17) is 4.74 Å². The van der Waals surface area contributed by atoms with E-state index in [1.807, 2.05) is 24.3 Å². The number of carbonyl (C=O) groups excluding carboxylic acids is 2. The highest BCUT2D eigenvalue weighted by atomic mass is 16.5. The number of methoxy groups -OCH3 is 1. The summed E-state index contributed by atoms with van der Waals surface area (Å²) in [4.78, 5) is 34.9. The normalized spacial score (nSPS) is 15.6. The summed E-state index contributed by atoms with van der Waals surface area (Å²) in [6.45, 7) is 4.04. The summed E-state index contributed by atoms with van der Waals surface area (Å²) in [6, 6.07) is 21.0. The van der Waals surface area contributed by atoms with Crippen LogP contribution in [0.25, 0.3) is 0 Å². The Kier molecular flexibility index (Phi) is 7.54. The average molecular weight is 500 g/mol. The number of piperazine rings is 1. The first-order chi connectivity index (χ1) is 18.1. The minimum atomic E-state index is -0.146. The maximum absolute atomic E-state index is 12.3. The average Bonchev–Trinajstić information content (AvgIpc) is 3.46. The van der Waals surface area contributed by atoms with Crippen LogP contribution in [0.1, 0.15) is 29.7 Å². The zero-order valence-corrected chi connectivity index (χ0v) is 21.2. The van der Waals surface area contributed by atoms with Gasteiger partial charge in [0.15, 0.2) is 0 Å². The van der Waals surface area contributed by atoms with Crippen LogP contribution in [0.4, 0.5) is 11.4 Å². The van der Waals surface area contributed by atoms with Gasteiger partial charge >= 0.3 is 0 Å². The lowest BCUT2D eigenvalue weighted by atomic mass is 10.1. The monoisotopic (exact) mass is 499 g/mol. The minimum absolute atomic E-state index is 0.0356. The summed E-state index contributed by atoms with van der Waals surface area (Å²) in [6.07, 6.45) is 4.29. The summed E-state index contributed by atoms with van der Waals surface area (Å²) in [5.74, 6) is 0.579. The van der Waals surface area contributed by atoms with Gasteiger partial charge in [-0.15, -0.1) is 0 Å². The highest BCUT2D eigenvalue weighted by molar-refractivity contribution is 5.92. The fraction of sp³-hybridized carbons (Fsp3) is 0.345. The molecule has 0 saturated carbocycles. The number of carbonyl (C=O) groups is 2. The molecule has 2 saturated heterocycles. The zero-order chi connectivity index (χ0) is 25.6. The Morgan fingerprint density at radius 1 is 0.973 bits per heavy atom. The lowest BCUT2D eigenvalue weighted by molar-refractivity contribution is -0.141. The van der Waals surface area contributed by atoms with Crippen molar-refractivity contribution in [2.75, 3.05) is 43.1 Å². The van der Waals surface area contributed by atoms with Crippen LogP contribution >= 0.6 is 0 Å². The highest BCUT2D eigenvalue weighted by Crippen LogP contribution is 2.25. The van der Waals surface area contributed by atoms with Crippen molar-refractivity contribution >= 4 is 23.2 Å². The van der Waals surface area contributed by atoms with Gasteiger partial charge in [0.1, 0.15) is 5.75 Å². The molecule has 3 aromatic rings. The van der Waals surface area contributed by atoms with Gasteiger partial charge in [0.25, 0.3) is 0 Å². The number of hydrogen-bond acceptors (Lipinski definition) is 6. The fourth-order valence-electron chi connectivity index (χ4n) is 4.93. The van der Waals surface area contributed by atoms with Gasteiger partial charge in [0, 0.05) is 43.8 Å². The second-order valence-corrected chi connectivity index (χ2v) is 9.60. The van der Waals surface area contributed by atoms with Gasteiger partial charge in [-0.1, -0.05) is 24.3 Å². The molecule has 0 spiro atoms. The third-order valence-corrected chi connectivity index (χ3v) is 6.93. The molecule has 1 aromatic heterocycles. The maximum atomic E-state index is 12.3. The molecular formula is C29H33N5O3. The molecule has 0 unspecified atom stereocenters. The van der Waals surface area contributed by atoms with Crippen molar-refractivity contribution in [1.29, 1.82) is 0 Å². The van der Waals surface area contributed by atoms with E-state index in [1.54, 1.807) is 18.2 Å². The lowest BCUT2D eigenvalue weighted by Gasteiger charge is -2.28. The Balaban J connectivity index is 1.38.